The lowest BCUT2D eigenvalue weighted by molar-refractivity contribution is 0.0600. The Morgan fingerprint density at radius 2 is 2.14 bits per heavy atom. The van der Waals surface area contributed by atoms with Crippen LogP contribution in [0.3, 0.4) is 0 Å². The molecule has 4 heteroatoms. The highest BCUT2D eigenvalue weighted by Crippen LogP contribution is 2.14. The van der Waals surface area contributed by atoms with Crippen molar-refractivity contribution in [1.29, 1.82) is 0 Å². The number of ether oxygens (including phenoxy) is 1. The van der Waals surface area contributed by atoms with Crippen molar-refractivity contribution in [2.75, 3.05) is 7.11 Å². The second-order valence-corrected chi connectivity index (χ2v) is 4.42. The van der Waals surface area contributed by atoms with Gasteiger partial charge in [0.15, 0.2) is 0 Å². The van der Waals surface area contributed by atoms with E-state index in [9.17, 15) is 4.79 Å². The largest absolute Gasteiger partial charge is 0.465 e. The number of carbonyl (C=O) groups is 1. The summed E-state index contributed by atoms with van der Waals surface area (Å²) in [6.07, 6.45) is 3.55. The number of nitrogens with one attached hydrogen (secondary N) is 1. The summed E-state index contributed by atoms with van der Waals surface area (Å²) >= 11 is 0. The van der Waals surface area contributed by atoms with E-state index in [0.29, 0.717) is 5.56 Å². The average Bonchev–Trinajstić information content (AvgIpc) is 3.01. The van der Waals surface area contributed by atoms with Crippen LogP contribution in [0.25, 0.3) is 11.0 Å². The number of aromatic amines is 1. The third-order valence-electron chi connectivity index (χ3n) is 3.09. The van der Waals surface area contributed by atoms with Crippen LogP contribution in [-0.4, -0.2) is 23.0 Å². The first-order valence-electron chi connectivity index (χ1n) is 6.40. The predicted octanol–water partition coefficient (Wildman–Crippen LogP) is 2.75. The number of benzene rings is 1. The third-order valence-corrected chi connectivity index (χ3v) is 3.09. The monoisotopic (exact) mass is 276 g/mol. The predicted molar refractivity (Wildman–Crippen MR) is 79.9 cm³/mol. The Bertz CT molecular complexity index is 869. The molecule has 1 aromatic carbocycles. The number of pyridine rings is 1. The number of fused-ring (bicyclic) bond motifs is 1. The summed E-state index contributed by atoms with van der Waals surface area (Å²) in [7, 11) is 1.36. The Morgan fingerprint density at radius 3 is 3.00 bits per heavy atom. The first-order chi connectivity index (χ1) is 10.3. The van der Waals surface area contributed by atoms with Gasteiger partial charge >= 0.3 is 5.97 Å². The van der Waals surface area contributed by atoms with E-state index in [-0.39, 0.29) is 5.97 Å². The molecule has 0 bridgehead atoms. The molecule has 1 N–H and O–H groups in total. The van der Waals surface area contributed by atoms with Crippen LogP contribution in [0.15, 0.2) is 48.8 Å². The number of carbonyl (C=O) groups excluding carboxylic acids is 1. The minimum absolute atomic E-state index is 0.365. The molecule has 0 aliphatic rings. The van der Waals surface area contributed by atoms with Gasteiger partial charge in [0, 0.05) is 28.9 Å². The van der Waals surface area contributed by atoms with E-state index in [4.69, 9.17) is 4.74 Å². The zero-order chi connectivity index (χ0) is 14.7. The van der Waals surface area contributed by atoms with Gasteiger partial charge in [0.2, 0.25) is 0 Å². The molecular weight excluding hydrogens is 264 g/mol. The molecule has 0 atom stereocenters. The smallest absolute Gasteiger partial charge is 0.337 e. The van der Waals surface area contributed by atoms with E-state index in [1.54, 1.807) is 24.4 Å². The van der Waals surface area contributed by atoms with E-state index in [1.807, 2.05) is 24.4 Å². The maximum atomic E-state index is 11.5. The summed E-state index contributed by atoms with van der Waals surface area (Å²) in [5.41, 5.74) is 2.96. The second-order valence-electron chi connectivity index (χ2n) is 4.42. The summed E-state index contributed by atoms with van der Waals surface area (Å²) < 4.78 is 4.70. The fourth-order valence-electron chi connectivity index (χ4n) is 2.05. The first-order valence-corrected chi connectivity index (χ1v) is 6.40. The van der Waals surface area contributed by atoms with Gasteiger partial charge in [-0.3, -0.25) is 0 Å². The minimum atomic E-state index is -0.365. The number of methoxy groups -OCH3 is 1. The topological polar surface area (TPSA) is 55.0 Å². The molecule has 3 aromatic rings. The van der Waals surface area contributed by atoms with Crippen LogP contribution < -0.4 is 0 Å². The summed E-state index contributed by atoms with van der Waals surface area (Å²) in [6, 6.07) is 10.9. The quantitative estimate of drug-likeness (QED) is 0.549. The van der Waals surface area contributed by atoms with Crippen molar-refractivity contribution in [3.05, 3.63) is 65.5 Å². The van der Waals surface area contributed by atoms with Crippen molar-refractivity contribution in [1.82, 2.24) is 9.97 Å². The van der Waals surface area contributed by atoms with E-state index in [1.165, 1.54) is 7.11 Å². The van der Waals surface area contributed by atoms with Crippen LogP contribution in [0.5, 0.6) is 0 Å². The second kappa shape index (κ2) is 5.51. The highest BCUT2D eigenvalue weighted by molar-refractivity contribution is 5.89. The molecule has 0 amide bonds. The number of H-pyrrole nitrogens is 1. The molecule has 4 nitrogen and oxygen atoms in total. The number of rotatable bonds is 1. The molecule has 0 fully saturated rings. The zero-order valence-corrected chi connectivity index (χ0v) is 11.4. The first kappa shape index (κ1) is 12.9. The van der Waals surface area contributed by atoms with Crippen LogP contribution in [0, 0.1) is 11.8 Å². The highest BCUT2D eigenvalue weighted by Gasteiger charge is 2.04. The summed E-state index contributed by atoms with van der Waals surface area (Å²) in [6.45, 7) is 0. The molecule has 21 heavy (non-hydrogen) atoms. The van der Waals surface area contributed by atoms with Gasteiger partial charge < -0.3 is 9.72 Å². The Morgan fingerprint density at radius 1 is 1.24 bits per heavy atom. The maximum Gasteiger partial charge on any atom is 0.337 e. The van der Waals surface area contributed by atoms with Crippen molar-refractivity contribution in [3.63, 3.8) is 0 Å². The van der Waals surface area contributed by atoms with Gasteiger partial charge in [-0.15, -0.1) is 0 Å². The number of nitrogens with zero attached hydrogens (tertiary/aromatic N) is 1. The molecule has 0 saturated heterocycles. The fourth-order valence-corrected chi connectivity index (χ4v) is 2.05. The summed E-state index contributed by atoms with van der Waals surface area (Å²) in [5.74, 6) is 5.81. The van der Waals surface area contributed by atoms with Crippen molar-refractivity contribution in [2.45, 2.75) is 0 Å². The molecule has 102 valence electrons. The number of esters is 1. The maximum absolute atomic E-state index is 11.5. The van der Waals surface area contributed by atoms with E-state index in [2.05, 4.69) is 21.8 Å². The van der Waals surface area contributed by atoms with Crippen LogP contribution in [0.1, 0.15) is 21.5 Å². The van der Waals surface area contributed by atoms with Crippen molar-refractivity contribution >= 4 is 17.0 Å². The highest BCUT2D eigenvalue weighted by atomic mass is 16.5. The van der Waals surface area contributed by atoms with Gasteiger partial charge in [-0.2, -0.15) is 0 Å². The van der Waals surface area contributed by atoms with Gasteiger partial charge in [-0.05, 0) is 30.3 Å². The Labute approximate surface area is 121 Å². The molecule has 3 rings (SSSR count). The van der Waals surface area contributed by atoms with Crippen molar-refractivity contribution in [2.24, 2.45) is 0 Å². The lowest BCUT2D eigenvalue weighted by atomic mass is 10.1. The zero-order valence-electron chi connectivity index (χ0n) is 11.4. The molecule has 0 spiro atoms. The van der Waals surface area contributed by atoms with Crippen LogP contribution in [0.2, 0.25) is 0 Å². The summed E-state index contributed by atoms with van der Waals surface area (Å²) in [5, 5.41) is 0.981. The van der Waals surface area contributed by atoms with E-state index >= 15 is 0 Å². The Balaban J connectivity index is 1.98. The molecule has 0 aliphatic carbocycles. The Kier molecular flexibility index (Phi) is 3.40. The minimum Gasteiger partial charge on any atom is -0.465 e. The molecule has 0 unspecified atom stereocenters. The van der Waals surface area contributed by atoms with Gasteiger partial charge in [0.1, 0.15) is 5.65 Å². The van der Waals surface area contributed by atoms with Gasteiger partial charge in [0.25, 0.3) is 0 Å². The normalized spacial score (nSPS) is 9.95. The SMILES string of the molecule is COC(=O)c1cccc(C#Cc2ccnc3[nH]ccc23)c1. The molecule has 0 radical (unpaired) electrons. The van der Waals surface area contributed by atoms with Crippen LogP contribution in [-0.2, 0) is 4.74 Å². The van der Waals surface area contributed by atoms with Gasteiger partial charge in [-0.1, -0.05) is 17.9 Å². The lowest BCUT2D eigenvalue weighted by Crippen LogP contribution is -2.00. The fraction of sp³-hybridized carbons (Fsp3) is 0.0588. The third kappa shape index (κ3) is 2.63. The standard InChI is InChI=1S/C17H12N2O2/c1-21-17(20)14-4-2-3-12(11-14)5-6-13-7-9-18-16-15(13)8-10-19-16/h2-4,7-11H,1H3,(H,18,19). The number of hydrogen-bond acceptors (Lipinski definition) is 3. The van der Waals surface area contributed by atoms with Crippen LogP contribution >= 0.6 is 0 Å². The Hall–Kier alpha value is -3.06. The molecule has 2 heterocycles. The van der Waals surface area contributed by atoms with E-state index < -0.39 is 0 Å². The molecule has 0 aliphatic heterocycles. The summed E-state index contributed by atoms with van der Waals surface area (Å²) in [4.78, 5) is 18.8. The number of hydrogen-bond donors (Lipinski definition) is 1. The van der Waals surface area contributed by atoms with Crippen LogP contribution in [0.4, 0.5) is 0 Å². The molecule has 0 saturated carbocycles. The lowest BCUT2D eigenvalue weighted by Gasteiger charge is -1.98. The van der Waals surface area contributed by atoms with E-state index in [0.717, 1.165) is 22.2 Å². The van der Waals surface area contributed by atoms with Gasteiger partial charge in [0.05, 0.1) is 12.7 Å². The van der Waals surface area contributed by atoms with Crippen molar-refractivity contribution < 1.29 is 9.53 Å². The average molecular weight is 276 g/mol. The van der Waals surface area contributed by atoms with Crippen molar-refractivity contribution in [3.8, 4) is 11.8 Å². The molecule has 2 aromatic heterocycles. The van der Waals surface area contributed by atoms with Gasteiger partial charge in [-0.25, -0.2) is 9.78 Å². The molecular formula is C17H12N2O2. The number of aromatic nitrogens is 2.